The molecule has 112 valence electrons. The number of thiazole rings is 1. The van der Waals surface area contributed by atoms with Crippen LogP contribution in [0, 0.1) is 0 Å². The standard InChI is InChI=1S/C12H11ClN2O4S2/c13-8-2-1-3-9(6-8)21(18,19)14-5-4-11-15-10(7-20-11)12(16)17/h1-3,6-7,14H,4-5H2,(H,16,17). The maximum absolute atomic E-state index is 12.0. The third-order valence-electron chi connectivity index (χ3n) is 2.51. The molecule has 0 aliphatic heterocycles. The Morgan fingerprint density at radius 1 is 1.43 bits per heavy atom. The number of carboxylic acids is 1. The lowest BCUT2D eigenvalue weighted by Crippen LogP contribution is -2.26. The minimum atomic E-state index is -3.64. The maximum atomic E-state index is 12.0. The van der Waals surface area contributed by atoms with E-state index in [1.54, 1.807) is 12.1 Å². The first kappa shape index (κ1) is 15.9. The van der Waals surface area contributed by atoms with E-state index >= 15 is 0 Å². The molecule has 2 aromatic rings. The fourth-order valence-electron chi connectivity index (χ4n) is 1.53. The van der Waals surface area contributed by atoms with Crippen molar-refractivity contribution in [1.82, 2.24) is 9.71 Å². The number of nitrogens with zero attached hydrogens (tertiary/aromatic N) is 1. The molecule has 0 aliphatic rings. The molecule has 9 heteroatoms. The van der Waals surface area contributed by atoms with Crippen LogP contribution in [-0.2, 0) is 16.4 Å². The van der Waals surface area contributed by atoms with E-state index in [-0.39, 0.29) is 17.1 Å². The molecule has 1 aromatic carbocycles. The van der Waals surface area contributed by atoms with Gasteiger partial charge in [0.05, 0.1) is 9.90 Å². The fourth-order valence-corrected chi connectivity index (χ4v) is 3.64. The summed E-state index contributed by atoms with van der Waals surface area (Å²) in [6.45, 7) is 0.126. The van der Waals surface area contributed by atoms with Gasteiger partial charge < -0.3 is 5.11 Å². The molecule has 2 N–H and O–H groups in total. The van der Waals surface area contributed by atoms with Crippen LogP contribution in [0.15, 0.2) is 34.5 Å². The van der Waals surface area contributed by atoms with Crippen molar-refractivity contribution in [3.05, 3.63) is 45.4 Å². The van der Waals surface area contributed by atoms with Crippen molar-refractivity contribution in [1.29, 1.82) is 0 Å². The molecule has 0 unspecified atom stereocenters. The molecule has 0 atom stereocenters. The predicted octanol–water partition coefficient (Wildman–Crippen LogP) is 2.02. The lowest BCUT2D eigenvalue weighted by Gasteiger charge is -2.06. The second-order valence-corrected chi connectivity index (χ2v) is 7.18. The summed E-state index contributed by atoms with van der Waals surface area (Å²) >= 11 is 6.94. The summed E-state index contributed by atoms with van der Waals surface area (Å²) < 4.78 is 26.4. The Bertz CT molecular complexity index is 758. The van der Waals surface area contributed by atoms with E-state index in [0.29, 0.717) is 16.5 Å². The van der Waals surface area contributed by atoms with Gasteiger partial charge in [-0.15, -0.1) is 11.3 Å². The average molecular weight is 347 g/mol. The molecule has 0 radical (unpaired) electrons. The van der Waals surface area contributed by atoms with E-state index in [0.717, 1.165) is 0 Å². The van der Waals surface area contributed by atoms with Crippen LogP contribution in [0.2, 0.25) is 5.02 Å². The Morgan fingerprint density at radius 3 is 2.81 bits per heavy atom. The van der Waals surface area contributed by atoms with Crippen LogP contribution in [0.1, 0.15) is 15.5 Å². The number of carboxylic acid groups (broad SMARTS) is 1. The van der Waals surface area contributed by atoms with Crippen molar-refractivity contribution in [2.24, 2.45) is 0 Å². The number of sulfonamides is 1. The normalized spacial score (nSPS) is 11.5. The van der Waals surface area contributed by atoms with E-state index in [4.69, 9.17) is 16.7 Å². The molecule has 0 saturated carbocycles. The number of benzene rings is 1. The van der Waals surface area contributed by atoms with E-state index in [1.165, 1.54) is 28.8 Å². The van der Waals surface area contributed by atoms with Gasteiger partial charge in [0.1, 0.15) is 0 Å². The summed E-state index contributed by atoms with van der Waals surface area (Å²) in [5.41, 5.74) is -0.0345. The summed E-state index contributed by atoms with van der Waals surface area (Å²) in [6.07, 6.45) is 0.317. The zero-order chi connectivity index (χ0) is 15.5. The molecule has 0 fully saturated rings. The van der Waals surface area contributed by atoms with Crippen molar-refractivity contribution in [3.8, 4) is 0 Å². The minimum absolute atomic E-state index is 0.0345. The number of aromatic nitrogens is 1. The van der Waals surface area contributed by atoms with Crippen LogP contribution < -0.4 is 4.72 Å². The van der Waals surface area contributed by atoms with Crippen molar-refractivity contribution in [3.63, 3.8) is 0 Å². The fraction of sp³-hybridized carbons (Fsp3) is 0.167. The minimum Gasteiger partial charge on any atom is -0.476 e. The third kappa shape index (κ3) is 4.24. The largest absolute Gasteiger partial charge is 0.476 e. The van der Waals surface area contributed by atoms with Crippen LogP contribution in [0.3, 0.4) is 0 Å². The zero-order valence-electron chi connectivity index (χ0n) is 10.6. The third-order valence-corrected chi connectivity index (χ3v) is 5.11. The van der Waals surface area contributed by atoms with Crippen LogP contribution in [0.25, 0.3) is 0 Å². The van der Waals surface area contributed by atoms with Crippen molar-refractivity contribution < 1.29 is 18.3 Å². The van der Waals surface area contributed by atoms with Gasteiger partial charge in [0.2, 0.25) is 10.0 Å². The molecular formula is C12H11ClN2O4S2. The second-order valence-electron chi connectivity index (χ2n) is 4.04. The number of carbonyl (C=O) groups is 1. The van der Waals surface area contributed by atoms with Gasteiger partial charge in [0, 0.05) is 23.4 Å². The van der Waals surface area contributed by atoms with E-state index in [9.17, 15) is 13.2 Å². The maximum Gasteiger partial charge on any atom is 0.355 e. The number of hydrogen-bond donors (Lipinski definition) is 2. The summed E-state index contributed by atoms with van der Waals surface area (Å²) in [5, 5.41) is 11.1. The van der Waals surface area contributed by atoms with Gasteiger partial charge in [-0.3, -0.25) is 0 Å². The Balaban J connectivity index is 1.97. The number of hydrogen-bond acceptors (Lipinski definition) is 5. The highest BCUT2D eigenvalue weighted by atomic mass is 35.5. The molecule has 0 aliphatic carbocycles. The van der Waals surface area contributed by atoms with Gasteiger partial charge in [0.25, 0.3) is 0 Å². The van der Waals surface area contributed by atoms with Gasteiger partial charge in [-0.05, 0) is 18.2 Å². The lowest BCUT2D eigenvalue weighted by molar-refractivity contribution is 0.0691. The Kier molecular flexibility index (Phi) is 4.94. The summed E-state index contributed by atoms with van der Waals surface area (Å²) in [6, 6.07) is 5.94. The predicted molar refractivity (Wildman–Crippen MR) is 79.4 cm³/mol. The first-order valence-electron chi connectivity index (χ1n) is 5.81. The Labute approximate surface area is 130 Å². The molecule has 0 saturated heterocycles. The monoisotopic (exact) mass is 346 g/mol. The lowest BCUT2D eigenvalue weighted by atomic mass is 10.4. The number of halogens is 1. The van der Waals surface area contributed by atoms with E-state index in [1.807, 2.05) is 0 Å². The van der Waals surface area contributed by atoms with Gasteiger partial charge in [-0.2, -0.15) is 0 Å². The van der Waals surface area contributed by atoms with Crippen LogP contribution in [-0.4, -0.2) is 31.0 Å². The first-order valence-corrected chi connectivity index (χ1v) is 8.55. The van der Waals surface area contributed by atoms with Crippen molar-refractivity contribution in [2.45, 2.75) is 11.3 Å². The van der Waals surface area contributed by atoms with Gasteiger partial charge in [-0.25, -0.2) is 22.9 Å². The molecule has 6 nitrogen and oxygen atoms in total. The molecule has 21 heavy (non-hydrogen) atoms. The van der Waals surface area contributed by atoms with Crippen LogP contribution in [0.5, 0.6) is 0 Å². The van der Waals surface area contributed by atoms with E-state index in [2.05, 4.69) is 9.71 Å². The quantitative estimate of drug-likeness (QED) is 0.834. The average Bonchev–Trinajstić information content (AvgIpc) is 2.87. The zero-order valence-corrected chi connectivity index (χ0v) is 13.0. The molecule has 0 amide bonds. The Morgan fingerprint density at radius 2 is 2.19 bits per heavy atom. The number of aromatic carboxylic acids is 1. The summed E-state index contributed by atoms with van der Waals surface area (Å²) in [5.74, 6) is -1.10. The first-order chi connectivity index (χ1) is 9.88. The highest BCUT2D eigenvalue weighted by molar-refractivity contribution is 7.89. The topological polar surface area (TPSA) is 96.4 Å². The molecule has 0 spiro atoms. The highest BCUT2D eigenvalue weighted by Crippen LogP contribution is 2.15. The summed E-state index contributed by atoms with van der Waals surface area (Å²) in [7, 11) is -3.64. The van der Waals surface area contributed by atoms with Crippen LogP contribution >= 0.6 is 22.9 Å². The molecule has 2 rings (SSSR count). The van der Waals surface area contributed by atoms with E-state index < -0.39 is 16.0 Å². The van der Waals surface area contributed by atoms with Gasteiger partial charge >= 0.3 is 5.97 Å². The summed E-state index contributed by atoms with van der Waals surface area (Å²) in [4.78, 5) is 14.6. The molecule has 1 aromatic heterocycles. The molecular weight excluding hydrogens is 336 g/mol. The van der Waals surface area contributed by atoms with Gasteiger partial charge in [0.15, 0.2) is 5.69 Å². The smallest absolute Gasteiger partial charge is 0.355 e. The Hall–Kier alpha value is -1.48. The second kappa shape index (κ2) is 6.52. The number of rotatable bonds is 6. The number of nitrogens with one attached hydrogen (secondary N) is 1. The van der Waals surface area contributed by atoms with Crippen molar-refractivity contribution >= 4 is 38.9 Å². The van der Waals surface area contributed by atoms with Crippen LogP contribution in [0.4, 0.5) is 0 Å². The van der Waals surface area contributed by atoms with Gasteiger partial charge in [-0.1, -0.05) is 17.7 Å². The molecule has 0 bridgehead atoms. The SMILES string of the molecule is O=C(O)c1csc(CCNS(=O)(=O)c2cccc(Cl)c2)n1. The highest BCUT2D eigenvalue weighted by Gasteiger charge is 2.14. The van der Waals surface area contributed by atoms with Crippen molar-refractivity contribution in [2.75, 3.05) is 6.54 Å². The molecule has 1 heterocycles.